The van der Waals surface area contributed by atoms with Crippen molar-refractivity contribution < 1.29 is 9.84 Å². The van der Waals surface area contributed by atoms with Crippen molar-refractivity contribution in [2.45, 2.75) is 59.0 Å². The van der Waals surface area contributed by atoms with Gasteiger partial charge in [-0.15, -0.1) is 0 Å². The van der Waals surface area contributed by atoms with E-state index in [1.54, 1.807) is 0 Å². The fourth-order valence-electron chi connectivity index (χ4n) is 3.75. The number of hydrogen-bond donors (Lipinski definition) is 1. The zero-order valence-corrected chi connectivity index (χ0v) is 16.3. The van der Waals surface area contributed by atoms with E-state index in [4.69, 9.17) is 4.74 Å². The fourth-order valence-corrected chi connectivity index (χ4v) is 3.75. The second kappa shape index (κ2) is 8.05. The van der Waals surface area contributed by atoms with Crippen LogP contribution in [0.1, 0.15) is 52.2 Å². The highest BCUT2D eigenvalue weighted by molar-refractivity contribution is 5.39. The summed E-state index contributed by atoms with van der Waals surface area (Å²) in [6.45, 7) is 11.3. The van der Waals surface area contributed by atoms with E-state index in [9.17, 15) is 5.11 Å². The van der Waals surface area contributed by atoms with Gasteiger partial charge in [0.1, 0.15) is 11.9 Å². The lowest BCUT2D eigenvalue weighted by atomic mass is 9.72. The Balaban J connectivity index is 2.21. The maximum absolute atomic E-state index is 9.80. The predicted molar refractivity (Wildman–Crippen MR) is 105 cm³/mol. The molecule has 0 saturated heterocycles. The van der Waals surface area contributed by atoms with E-state index >= 15 is 0 Å². The molecule has 0 spiro atoms. The van der Waals surface area contributed by atoms with Crippen molar-refractivity contribution in [3.63, 3.8) is 0 Å². The first-order valence-electron chi connectivity index (χ1n) is 9.12. The zero-order valence-electron chi connectivity index (χ0n) is 16.3. The van der Waals surface area contributed by atoms with Gasteiger partial charge in [0, 0.05) is 6.42 Å². The minimum Gasteiger partial charge on any atom is -0.487 e. The number of rotatable bonds is 7. The van der Waals surface area contributed by atoms with Gasteiger partial charge >= 0.3 is 0 Å². The third kappa shape index (κ3) is 5.89. The maximum atomic E-state index is 9.80. The van der Waals surface area contributed by atoms with Crippen molar-refractivity contribution in [1.82, 2.24) is 0 Å². The van der Waals surface area contributed by atoms with Crippen molar-refractivity contribution in [1.29, 1.82) is 0 Å². The SMILES string of the molecule is CC(C)(C)CC(C)(C)c1ccccc1OC(CO)Cc1ccccc1. The highest BCUT2D eigenvalue weighted by atomic mass is 16.5. The van der Waals surface area contributed by atoms with Crippen LogP contribution in [0.5, 0.6) is 5.75 Å². The van der Waals surface area contributed by atoms with Crippen LogP contribution in [0.4, 0.5) is 0 Å². The molecule has 2 aromatic rings. The van der Waals surface area contributed by atoms with Crippen molar-refractivity contribution in [3.8, 4) is 5.75 Å². The van der Waals surface area contributed by atoms with Crippen LogP contribution in [-0.4, -0.2) is 17.8 Å². The second-order valence-corrected chi connectivity index (χ2v) is 8.73. The molecule has 0 radical (unpaired) electrons. The Bertz CT molecular complexity index is 653. The Morgan fingerprint density at radius 1 is 0.880 bits per heavy atom. The quantitative estimate of drug-likeness (QED) is 0.733. The Morgan fingerprint density at radius 2 is 1.48 bits per heavy atom. The molecule has 0 amide bonds. The fraction of sp³-hybridized carbons (Fsp3) is 0.478. The molecule has 0 aliphatic rings. The average Bonchev–Trinajstić information content (AvgIpc) is 2.53. The molecular weight excluding hydrogens is 308 g/mol. The number of hydrogen-bond acceptors (Lipinski definition) is 2. The molecule has 2 heteroatoms. The summed E-state index contributed by atoms with van der Waals surface area (Å²) in [5.74, 6) is 0.881. The zero-order chi connectivity index (χ0) is 18.5. The van der Waals surface area contributed by atoms with Gasteiger partial charge in [-0.2, -0.15) is 0 Å². The molecule has 0 bridgehead atoms. The summed E-state index contributed by atoms with van der Waals surface area (Å²) in [5.41, 5.74) is 2.61. The normalized spacial score (nSPS) is 13.5. The Kier molecular flexibility index (Phi) is 6.29. The number of ether oxygens (including phenoxy) is 1. The van der Waals surface area contributed by atoms with Crippen LogP contribution in [0, 0.1) is 5.41 Å². The van der Waals surface area contributed by atoms with E-state index < -0.39 is 0 Å². The lowest BCUT2D eigenvalue weighted by Crippen LogP contribution is -2.28. The highest BCUT2D eigenvalue weighted by Crippen LogP contribution is 2.40. The summed E-state index contributed by atoms with van der Waals surface area (Å²) in [7, 11) is 0. The molecule has 0 aromatic heterocycles. The minimum atomic E-state index is -0.242. The molecule has 2 rings (SSSR count). The number of para-hydroxylation sites is 1. The summed E-state index contributed by atoms with van der Waals surface area (Å²) < 4.78 is 6.25. The number of benzene rings is 2. The first kappa shape index (κ1) is 19.5. The summed E-state index contributed by atoms with van der Waals surface area (Å²) >= 11 is 0. The van der Waals surface area contributed by atoms with E-state index in [2.05, 4.69) is 58.9 Å². The van der Waals surface area contributed by atoms with Gasteiger partial charge in [-0.1, -0.05) is 83.1 Å². The standard InChI is InChI=1S/C23H32O2/c1-22(2,3)17-23(4,5)20-13-9-10-14-21(20)25-19(16-24)15-18-11-7-6-8-12-18/h6-14,19,24H,15-17H2,1-5H3. The molecule has 2 nitrogen and oxygen atoms in total. The lowest BCUT2D eigenvalue weighted by molar-refractivity contribution is 0.113. The molecule has 0 saturated carbocycles. The van der Waals surface area contributed by atoms with Crippen LogP contribution < -0.4 is 4.74 Å². The van der Waals surface area contributed by atoms with Gasteiger partial charge in [0.2, 0.25) is 0 Å². The summed E-state index contributed by atoms with van der Waals surface area (Å²) in [6, 6.07) is 18.4. The third-order valence-corrected chi connectivity index (χ3v) is 4.39. The van der Waals surface area contributed by atoms with Crippen molar-refractivity contribution in [2.75, 3.05) is 6.61 Å². The van der Waals surface area contributed by atoms with Gasteiger partial charge in [-0.3, -0.25) is 0 Å². The van der Waals surface area contributed by atoms with E-state index in [-0.39, 0.29) is 23.5 Å². The molecule has 1 unspecified atom stereocenters. The Hall–Kier alpha value is -1.80. The van der Waals surface area contributed by atoms with E-state index in [0.717, 1.165) is 12.2 Å². The largest absolute Gasteiger partial charge is 0.487 e. The van der Waals surface area contributed by atoms with Crippen LogP contribution in [0.15, 0.2) is 54.6 Å². The van der Waals surface area contributed by atoms with Gasteiger partial charge in [0.25, 0.3) is 0 Å². The molecule has 2 aromatic carbocycles. The topological polar surface area (TPSA) is 29.5 Å². The molecule has 136 valence electrons. The lowest BCUT2D eigenvalue weighted by Gasteiger charge is -2.34. The van der Waals surface area contributed by atoms with Crippen LogP contribution in [-0.2, 0) is 11.8 Å². The molecule has 0 aliphatic carbocycles. The summed E-state index contributed by atoms with van der Waals surface area (Å²) in [6.07, 6.45) is 1.52. The van der Waals surface area contributed by atoms with E-state index in [1.807, 2.05) is 30.3 Å². The van der Waals surface area contributed by atoms with Gasteiger partial charge in [0.05, 0.1) is 6.61 Å². The molecule has 0 aliphatic heterocycles. The van der Waals surface area contributed by atoms with Gasteiger partial charge in [-0.05, 0) is 34.4 Å². The van der Waals surface area contributed by atoms with Crippen molar-refractivity contribution in [3.05, 3.63) is 65.7 Å². The molecule has 25 heavy (non-hydrogen) atoms. The van der Waals surface area contributed by atoms with Crippen molar-refractivity contribution in [2.24, 2.45) is 5.41 Å². The molecule has 0 heterocycles. The van der Waals surface area contributed by atoms with Gasteiger partial charge < -0.3 is 9.84 Å². The highest BCUT2D eigenvalue weighted by Gasteiger charge is 2.30. The Labute approximate surface area is 152 Å². The monoisotopic (exact) mass is 340 g/mol. The third-order valence-electron chi connectivity index (χ3n) is 4.39. The van der Waals surface area contributed by atoms with Crippen LogP contribution in [0.2, 0.25) is 0 Å². The average molecular weight is 341 g/mol. The maximum Gasteiger partial charge on any atom is 0.126 e. The minimum absolute atomic E-state index is 0.00158. The molecule has 1 atom stereocenters. The van der Waals surface area contributed by atoms with Gasteiger partial charge in [-0.25, -0.2) is 0 Å². The number of aliphatic hydroxyl groups is 1. The van der Waals surface area contributed by atoms with Crippen molar-refractivity contribution >= 4 is 0 Å². The summed E-state index contributed by atoms with van der Waals surface area (Å²) in [4.78, 5) is 0. The second-order valence-electron chi connectivity index (χ2n) is 8.73. The van der Waals surface area contributed by atoms with Crippen LogP contribution in [0.3, 0.4) is 0 Å². The first-order chi connectivity index (χ1) is 11.7. The van der Waals surface area contributed by atoms with Gasteiger partial charge in [0.15, 0.2) is 0 Å². The van der Waals surface area contributed by atoms with Crippen LogP contribution in [0.25, 0.3) is 0 Å². The molecule has 1 N–H and O–H groups in total. The first-order valence-corrected chi connectivity index (χ1v) is 9.12. The number of aliphatic hydroxyl groups excluding tert-OH is 1. The summed E-state index contributed by atoms with van der Waals surface area (Å²) in [5, 5.41) is 9.80. The Morgan fingerprint density at radius 3 is 2.08 bits per heavy atom. The van der Waals surface area contributed by atoms with E-state index in [0.29, 0.717) is 6.42 Å². The van der Waals surface area contributed by atoms with Crippen LogP contribution >= 0.6 is 0 Å². The van der Waals surface area contributed by atoms with E-state index in [1.165, 1.54) is 11.1 Å². The smallest absolute Gasteiger partial charge is 0.126 e. The molecular formula is C23H32O2. The predicted octanol–water partition coefficient (Wildman–Crippen LogP) is 5.38. The molecule has 0 fully saturated rings.